The molecule has 1 N–H and O–H groups in total. The van der Waals surface area contributed by atoms with E-state index in [0.29, 0.717) is 11.4 Å². The Hall–Kier alpha value is -1.38. The molecule has 0 atom stereocenters. The average Bonchev–Trinajstić information content (AvgIpc) is 2.48. The molecule has 0 unspecified atom stereocenters. The molecule has 0 bridgehead atoms. The van der Waals surface area contributed by atoms with Gasteiger partial charge in [0.2, 0.25) is 0 Å². The molecule has 2 rings (SSSR count). The summed E-state index contributed by atoms with van der Waals surface area (Å²) < 4.78 is 0. The molecule has 0 saturated carbocycles. The maximum atomic E-state index is 11.6. The van der Waals surface area contributed by atoms with Crippen LogP contribution in [0.25, 0.3) is 0 Å². The fraction of sp³-hybridized carbons (Fsp3) is 0.0667. The van der Waals surface area contributed by atoms with E-state index in [1.165, 1.54) is 18.3 Å². The molecule has 0 heterocycles. The third-order valence-corrected chi connectivity index (χ3v) is 2.49. The maximum absolute atomic E-state index is 11.6. The van der Waals surface area contributed by atoms with Crippen LogP contribution in [0.1, 0.15) is 5.56 Å². The zero-order valence-corrected chi connectivity index (χ0v) is 15.1. The van der Waals surface area contributed by atoms with E-state index >= 15 is 0 Å². The molecule has 0 saturated heterocycles. The largest absolute Gasteiger partial charge is 1.00 e. The van der Waals surface area contributed by atoms with Crippen LogP contribution in [-0.4, -0.2) is 23.8 Å². The van der Waals surface area contributed by atoms with Crippen LogP contribution in [0.4, 0.5) is 11.4 Å². The van der Waals surface area contributed by atoms with Crippen molar-refractivity contribution in [2.75, 3.05) is 6.54 Å². The molecule has 6 nitrogen and oxygen atoms in total. The first kappa shape index (κ1) is 18.7. The van der Waals surface area contributed by atoms with E-state index in [2.05, 4.69) is 15.2 Å². The summed E-state index contributed by atoms with van der Waals surface area (Å²) in [5, 5.41) is 28.2. The van der Waals surface area contributed by atoms with E-state index < -0.39 is 5.97 Å². The maximum Gasteiger partial charge on any atom is 1.00 e. The topological polar surface area (TPSA) is 97.4 Å². The van der Waals surface area contributed by atoms with Crippen molar-refractivity contribution in [2.24, 2.45) is 15.2 Å². The second-order valence-electron chi connectivity index (χ2n) is 4.12. The molecule has 2 aromatic carbocycles. The van der Waals surface area contributed by atoms with Gasteiger partial charge < -0.3 is 10.2 Å². The summed E-state index contributed by atoms with van der Waals surface area (Å²) >= 11 is 0. The van der Waals surface area contributed by atoms with Crippen LogP contribution < -0.4 is 56.5 Å². The van der Waals surface area contributed by atoms with Crippen LogP contribution in [0.15, 0.2) is 63.8 Å². The second kappa shape index (κ2) is 9.60. The Morgan fingerprint density at radius 1 is 1.09 bits per heavy atom. The first-order chi connectivity index (χ1) is 10.1. The van der Waals surface area contributed by atoms with Crippen molar-refractivity contribution in [1.82, 2.24) is 0 Å². The van der Waals surface area contributed by atoms with Gasteiger partial charge in [0.1, 0.15) is 6.54 Å². The van der Waals surface area contributed by atoms with E-state index in [9.17, 15) is 9.90 Å². The molecule has 7 heteroatoms. The molecular weight excluding hydrogens is 309 g/mol. The minimum atomic E-state index is -1.06. The third-order valence-electron chi connectivity index (χ3n) is 2.49. The Morgan fingerprint density at radius 2 is 1.77 bits per heavy atom. The van der Waals surface area contributed by atoms with Crippen LogP contribution in [0, 0.1) is 0 Å². The van der Waals surface area contributed by atoms with Gasteiger partial charge in [0.05, 0.1) is 11.4 Å². The van der Waals surface area contributed by atoms with E-state index in [1.54, 1.807) is 18.2 Å². The monoisotopic (exact) mass is 321 g/mol. The van der Waals surface area contributed by atoms with Crippen molar-refractivity contribution in [3.05, 3.63) is 54.1 Å². The number of carboxylic acid groups (broad SMARTS) is 1. The molecule has 0 amide bonds. The Labute approximate surface area is 170 Å². The summed E-state index contributed by atoms with van der Waals surface area (Å²) in [5.74, 6) is -1.30. The van der Waals surface area contributed by atoms with E-state index in [-0.39, 0.29) is 69.2 Å². The van der Waals surface area contributed by atoms with Crippen LogP contribution in [0.3, 0.4) is 0 Å². The summed E-state index contributed by atoms with van der Waals surface area (Å²) in [7, 11) is 0. The summed E-state index contributed by atoms with van der Waals surface area (Å²) in [6.45, 7) is -0.380. The number of rotatable bonds is 5. The van der Waals surface area contributed by atoms with E-state index in [1.807, 2.05) is 18.2 Å². The van der Waals surface area contributed by atoms with Gasteiger partial charge in [-0.2, -0.15) is 10.2 Å². The Balaban J connectivity index is 0.00000242. The first-order valence-corrected chi connectivity index (χ1v) is 6.14. The Bertz CT molecular complexity index is 688. The summed E-state index contributed by atoms with van der Waals surface area (Å²) in [6, 6.07) is 13.6. The van der Waals surface area contributed by atoms with Gasteiger partial charge in [-0.15, -0.1) is 0 Å². The van der Waals surface area contributed by atoms with Gasteiger partial charge in [0.25, 0.3) is 0 Å². The predicted molar refractivity (Wildman–Crippen MR) is 76.6 cm³/mol. The van der Waals surface area contributed by atoms with Crippen LogP contribution in [0.2, 0.25) is 0 Å². The van der Waals surface area contributed by atoms with Gasteiger partial charge in [-0.3, -0.25) is 9.79 Å². The van der Waals surface area contributed by atoms with Crippen LogP contribution in [-0.2, 0) is 4.79 Å². The zero-order chi connectivity index (χ0) is 15.1. The number of hydrogen-bond donors (Lipinski definition) is 1. The number of aliphatic imine (C=N–C) groups is 1. The molecule has 2 aromatic rings. The quantitative estimate of drug-likeness (QED) is 0.464. The number of benzene rings is 2. The minimum Gasteiger partial charge on any atom is -0.872 e. The molecule has 0 spiro atoms. The molecule has 0 aliphatic carbocycles. The third kappa shape index (κ3) is 6.16. The molecule has 22 heavy (non-hydrogen) atoms. The number of carbonyl (C=O) groups is 1. The van der Waals surface area contributed by atoms with Gasteiger partial charge in [-0.1, -0.05) is 30.0 Å². The van der Waals surface area contributed by atoms with Crippen molar-refractivity contribution in [2.45, 2.75) is 0 Å². The van der Waals surface area contributed by atoms with Crippen molar-refractivity contribution < 1.29 is 66.4 Å². The van der Waals surface area contributed by atoms with Gasteiger partial charge >= 0.3 is 57.4 Å². The van der Waals surface area contributed by atoms with Crippen LogP contribution >= 0.6 is 0 Å². The van der Waals surface area contributed by atoms with E-state index in [4.69, 9.17) is 5.11 Å². The van der Waals surface area contributed by atoms with Gasteiger partial charge in [-0.25, -0.2) is 0 Å². The fourth-order valence-electron chi connectivity index (χ4n) is 1.53. The van der Waals surface area contributed by atoms with Gasteiger partial charge in [0, 0.05) is 6.21 Å². The molecular formula is C15H12KN3O3. The number of azo groups is 1. The van der Waals surface area contributed by atoms with Crippen molar-refractivity contribution in [1.29, 1.82) is 0 Å². The second-order valence-corrected chi connectivity index (χ2v) is 4.12. The van der Waals surface area contributed by atoms with E-state index in [0.717, 1.165) is 0 Å². The van der Waals surface area contributed by atoms with Gasteiger partial charge in [0.15, 0.2) is 0 Å². The molecule has 0 aromatic heterocycles. The fourth-order valence-corrected chi connectivity index (χ4v) is 1.53. The summed E-state index contributed by atoms with van der Waals surface area (Å²) in [5.41, 5.74) is 1.47. The van der Waals surface area contributed by atoms with Gasteiger partial charge in [-0.05, 0) is 29.8 Å². The smallest absolute Gasteiger partial charge is 0.872 e. The van der Waals surface area contributed by atoms with Crippen LogP contribution in [0.5, 0.6) is 5.75 Å². The summed E-state index contributed by atoms with van der Waals surface area (Å²) in [4.78, 5) is 14.0. The molecule has 0 aliphatic heterocycles. The minimum absolute atomic E-state index is 0. The standard InChI is InChI=1S/C15H13N3O3.K/c19-14-7-6-13(8-11(14)9-16-10-15(20)21)18-17-12-4-2-1-3-5-12;/h1-9,19H,10H2,(H,20,21);/q;+1/p-1. The zero-order valence-electron chi connectivity index (χ0n) is 12.0. The summed E-state index contributed by atoms with van der Waals surface area (Å²) in [6.07, 6.45) is 1.23. The molecule has 0 aliphatic rings. The van der Waals surface area contributed by atoms with Crippen molar-refractivity contribution in [3.8, 4) is 5.75 Å². The Kier molecular flexibility index (Phi) is 8.14. The number of carboxylic acids is 1. The van der Waals surface area contributed by atoms with Crippen molar-refractivity contribution >= 4 is 23.6 Å². The average molecular weight is 321 g/mol. The SMILES string of the molecule is O=C(O)CN=Cc1cc(N=Nc2ccccc2)ccc1[O-].[K+]. The molecule has 106 valence electrons. The van der Waals surface area contributed by atoms with Crippen molar-refractivity contribution in [3.63, 3.8) is 0 Å². The molecule has 0 radical (unpaired) electrons. The number of aliphatic carboxylic acids is 1. The predicted octanol–water partition coefficient (Wildman–Crippen LogP) is -0.317. The Morgan fingerprint density at radius 3 is 2.45 bits per heavy atom. The number of nitrogens with zero attached hydrogens (tertiary/aromatic N) is 3. The normalized spacial score (nSPS) is 10.7. The molecule has 0 fully saturated rings. The number of hydrogen-bond acceptors (Lipinski definition) is 5. The first-order valence-electron chi connectivity index (χ1n) is 6.14.